The van der Waals surface area contributed by atoms with Gasteiger partial charge in [0, 0.05) is 16.9 Å². The Kier molecular flexibility index (Phi) is 9.13. The highest BCUT2D eigenvalue weighted by Gasteiger charge is 2.47. The molecule has 1 aliphatic carbocycles. The van der Waals surface area contributed by atoms with Gasteiger partial charge in [0.15, 0.2) is 0 Å². The number of anilines is 3. The van der Waals surface area contributed by atoms with Crippen LogP contribution in [0.3, 0.4) is 0 Å². The summed E-state index contributed by atoms with van der Waals surface area (Å²) in [4.78, 5) is 2.50. The first-order valence-corrected chi connectivity index (χ1v) is 22.2. The first kappa shape index (κ1) is 37.5. The molecule has 11 aromatic carbocycles. The van der Waals surface area contributed by atoms with Gasteiger partial charge in [0.05, 0.1) is 11.1 Å². The summed E-state index contributed by atoms with van der Waals surface area (Å²) in [6.45, 7) is 0. The Morgan fingerprint density at radius 1 is 0.266 bits per heavy atom. The van der Waals surface area contributed by atoms with Crippen molar-refractivity contribution in [3.05, 3.63) is 283 Å². The number of hydrogen-bond acceptors (Lipinski definition) is 1. The van der Waals surface area contributed by atoms with Crippen molar-refractivity contribution in [1.82, 2.24) is 0 Å². The zero-order valence-electron chi connectivity index (χ0n) is 35.3. The van der Waals surface area contributed by atoms with Crippen molar-refractivity contribution in [3.63, 3.8) is 0 Å². The van der Waals surface area contributed by atoms with Crippen molar-refractivity contribution in [2.24, 2.45) is 0 Å². The first-order valence-electron chi connectivity index (χ1n) is 22.2. The zero-order valence-corrected chi connectivity index (χ0v) is 35.3. The highest BCUT2D eigenvalue weighted by molar-refractivity contribution is 6.22. The molecule has 0 atom stereocenters. The van der Waals surface area contributed by atoms with Gasteiger partial charge in [0.2, 0.25) is 0 Å². The lowest BCUT2D eigenvalue weighted by Gasteiger charge is -2.34. The maximum atomic E-state index is 2.50. The van der Waals surface area contributed by atoms with Crippen LogP contribution in [0, 0.1) is 0 Å². The minimum atomic E-state index is -0.527. The van der Waals surface area contributed by atoms with Crippen LogP contribution in [0.4, 0.5) is 17.1 Å². The van der Waals surface area contributed by atoms with E-state index in [0.29, 0.717) is 0 Å². The number of hydrogen-bond donors (Lipinski definition) is 0. The third kappa shape index (κ3) is 5.93. The summed E-state index contributed by atoms with van der Waals surface area (Å²) in [7, 11) is 0. The van der Waals surface area contributed by atoms with Crippen molar-refractivity contribution in [1.29, 1.82) is 0 Å². The Balaban J connectivity index is 1.18. The molecule has 0 saturated carbocycles. The average Bonchev–Trinajstić information content (AvgIpc) is 3.69. The lowest BCUT2D eigenvalue weighted by Crippen LogP contribution is -2.28. The molecule has 0 heterocycles. The van der Waals surface area contributed by atoms with Crippen LogP contribution in [0.2, 0.25) is 0 Å². The van der Waals surface area contributed by atoms with E-state index in [1.807, 2.05) is 0 Å². The Bertz CT molecular complexity index is 3410. The standard InChI is InChI=1S/C63H43N/c1-6-21-44(22-7-1)45-37-39-50(40-38-45)64(59-36-20-35-58-62(59)55-33-18-19-34-57(55)63(58,48-27-12-4-13-28-48)49-29-14-5-15-30-49)51-41-42-53-52-31-16-17-32-54(52)60(46-23-8-2-9-24-46)61(56(53)43-51)47-25-10-3-11-26-47/h1-43H. The average molecular weight is 814 g/mol. The van der Waals surface area contributed by atoms with Crippen LogP contribution < -0.4 is 4.90 Å². The van der Waals surface area contributed by atoms with E-state index in [0.717, 1.165) is 17.1 Å². The third-order valence-electron chi connectivity index (χ3n) is 13.3. The molecule has 0 saturated heterocycles. The molecular weight excluding hydrogens is 771 g/mol. The van der Waals surface area contributed by atoms with Crippen molar-refractivity contribution in [2.45, 2.75) is 5.41 Å². The molecule has 0 aromatic heterocycles. The van der Waals surface area contributed by atoms with Crippen molar-refractivity contribution >= 4 is 38.6 Å². The zero-order chi connectivity index (χ0) is 42.5. The molecule has 0 fully saturated rings. The topological polar surface area (TPSA) is 3.24 Å². The van der Waals surface area contributed by atoms with Crippen molar-refractivity contribution < 1.29 is 0 Å². The fourth-order valence-electron chi connectivity index (χ4n) is 10.6. The summed E-state index contributed by atoms with van der Waals surface area (Å²) in [5, 5.41) is 4.93. The lowest BCUT2D eigenvalue weighted by molar-refractivity contribution is 0.768. The lowest BCUT2D eigenvalue weighted by atomic mass is 9.68. The van der Waals surface area contributed by atoms with Gasteiger partial charge in [-0.25, -0.2) is 0 Å². The second kappa shape index (κ2) is 15.6. The van der Waals surface area contributed by atoms with E-state index in [-0.39, 0.29) is 0 Å². The van der Waals surface area contributed by atoms with E-state index in [1.165, 1.54) is 88.3 Å². The van der Waals surface area contributed by atoms with Crippen LogP contribution in [0.5, 0.6) is 0 Å². The largest absolute Gasteiger partial charge is 0.310 e. The number of rotatable bonds is 8. The van der Waals surface area contributed by atoms with E-state index >= 15 is 0 Å². The molecule has 1 aliphatic rings. The quantitative estimate of drug-likeness (QED) is 0.138. The molecule has 0 radical (unpaired) electrons. The SMILES string of the molecule is c1ccc(-c2ccc(N(c3ccc4c(c3)c(-c3ccccc3)c(-c3ccccc3)c3ccccc34)c3cccc4c3-c3ccccc3C4(c3ccccc3)c3ccccc3)cc2)cc1. The van der Waals surface area contributed by atoms with Gasteiger partial charge < -0.3 is 4.90 Å². The van der Waals surface area contributed by atoms with Crippen molar-refractivity contribution in [3.8, 4) is 44.5 Å². The molecule has 1 heteroatoms. The van der Waals surface area contributed by atoms with Gasteiger partial charge in [0.1, 0.15) is 0 Å². The summed E-state index contributed by atoms with van der Waals surface area (Å²) in [6, 6.07) is 95.9. The monoisotopic (exact) mass is 813 g/mol. The maximum Gasteiger partial charge on any atom is 0.0714 e. The summed E-state index contributed by atoms with van der Waals surface area (Å²) in [5.41, 5.74) is 17.6. The smallest absolute Gasteiger partial charge is 0.0714 e. The third-order valence-corrected chi connectivity index (χ3v) is 13.3. The number of nitrogens with zero attached hydrogens (tertiary/aromatic N) is 1. The van der Waals surface area contributed by atoms with Gasteiger partial charge in [-0.1, -0.05) is 231 Å². The molecular formula is C63H43N. The molecule has 64 heavy (non-hydrogen) atoms. The summed E-state index contributed by atoms with van der Waals surface area (Å²) in [5.74, 6) is 0. The van der Waals surface area contributed by atoms with Gasteiger partial charge >= 0.3 is 0 Å². The van der Waals surface area contributed by atoms with Crippen LogP contribution in [-0.4, -0.2) is 0 Å². The Morgan fingerprint density at radius 2 is 0.719 bits per heavy atom. The van der Waals surface area contributed by atoms with E-state index in [2.05, 4.69) is 266 Å². The highest BCUT2D eigenvalue weighted by Crippen LogP contribution is 2.59. The van der Waals surface area contributed by atoms with E-state index in [9.17, 15) is 0 Å². The predicted octanol–water partition coefficient (Wildman–Crippen LogP) is 16.8. The molecule has 0 aliphatic heterocycles. The van der Waals surface area contributed by atoms with E-state index in [1.54, 1.807) is 0 Å². The van der Waals surface area contributed by atoms with Crippen LogP contribution in [0.25, 0.3) is 66.1 Å². The fraction of sp³-hybridized carbons (Fsp3) is 0.0159. The molecule has 300 valence electrons. The van der Waals surface area contributed by atoms with Gasteiger partial charge in [0.25, 0.3) is 0 Å². The molecule has 1 nitrogen and oxygen atoms in total. The van der Waals surface area contributed by atoms with Crippen LogP contribution in [-0.2, 0) is 5.41 Å². The molecule has 0 unspecified atom stereocenters. The second-order valence-corrected chi connectivity index (χ2v) is 16.7. The van der Waals surface area contributed by atoms with Gasteiger partial charge in [-0.2, -0.15) is 0 Å². The number of fused-ring (bicyclic) bond motifs is 6. The van der Waals surface area contributed by atoms with Gasteiger partial charge in [-0.05, 0) is 113 Å². The highest BCUT2D eigenvalue weighted by atomic mass is 15.1. The minimum absolute atomic E-state index is 0.527. The minimum Gasteiger partial charge on any atom is -0.310 e. The van der Waals surface area contributed by atoms with Gasteiger partial charge in [-0.3, -0.25) is 0 Å². The second-order valence-electron chi connectivity index (χ2n) is 16.7. The molecule has 12 rings (SSSR count). The fourth-order valence-corrected chi connectivity index (χ4v) is 10.6. The normalized spacial score (nSPS) is 12.5. The van der Waals surface area contributed by atoms with Crippen LogP contribution >= 0.6 is 0 Å². The first-order chi connectivity index (χ1) is 31.8. The number of benzene rings is 11. The van der Waals surface area contributed by atoms with E-state index < -0.39 is 5.41 Å². The molecule has 11 aromatic rings. The summed E-state index contributed by atoms with van der Waals surface area (Å²) >= 11 is 0. The summed E-state index contributed by atoms with van der Waals surface area (Å²) < 4.78 is 0. The Hall–Kier alpha value is -8.26. The Morgan fingerprint density at radius 3 is 1.34 bits per heavy atom. The van der Waals surface area contributed by atoms with E-state index in [4.69, 9.17) is 0 Å². The van der Waals surface area contributed by atoms with Crippen LogP contribution in [0.15, 0.2) is 261 Å². The Labute approximate surface area is 374 Å². The van der Waals surface area contributed by atoms with Crippen LogP contribution in [0.1, 0.15) is 22.3 Å². The molecule has 0 spiro atoms. The summed E-state index contributed by atoms with van der Waals surface area (Å²) in [6.07, 6.45) is 0. The maximum absolute atomic E-state index is 2.50. The molecule has 0 N–H and O–H groups in total. The van der Waals surface area contributed by atoms with Crippen molar-refractivity contribution in [2.75, 3.05) is 4.90 Å². The molecule has 0 amide bonds. The van der Waals surface area contributed by atoms with Gasteiger partial charge in [-0.15, -0.1) is 0 Å². The molecule has 0 bridgehead atoms. The predicted molar refractivity (Wildman–Crippen MR) is 270 cm³/mol.